The summed E-state index contributed by atoms with van der Waals surface area (Å²) in [6.45, 7) is 0. The van der Waals surface area contributed by atoms with Gasteiger partial charge in [0.15, 0.2) is 0 Å². The molecule has 0 spiro atoms. The summed E-state index contributed by atoms with van der Waals surface area (Å²) in [7, 11) is -3.42. The van der Waals surface area contributed by atoms with Crippen LogP contribution in [0.3, 0.4) is 0 Å². The molecule has 2 aromatic rings. The molecule has 0 saturated heterocycles. The molecule has 0 aromatic carbocycles. The summed E-state index contributed by atoms with van der Waals surface area (Å²) in [5, 5.41) is 0. The Morgan fingerprint density at radius 1 is 1.10 bits per heavy atom. The summed E-state index contributed by atoms with van der Waals surface area (Å²) in [5.74, 6) is -0.0810. The van der Waals surface area contributed by atoms with Crippen LogP contribution in [-0.4, -0.2) is 41.7 Å². The monoisotopic (exact) mass is 399 g/mol. The fraction of sp³-hybridized carbons (Fsp3) is 0.308. The average molecular weight is 398 g/mol. The number of sulfone groups is 1. The van der Waals surface area contributed by atoms with E-state index in [2.05, 4.69) is 29.8 Å². The molecule has 2 rings (SSSR count). The van der Waals surface area contributed by atoms with Crippen LogP contribution >= 0.6 is 0 Å². The predicted octanol–water partition coefficient (Wildman–Crippen LogP) is 1.39. The van der Waals surface area contributed by atoms with Gasteiger partial charge in [-0.3, -0.25) is 0 Å². The second kappa shape index (κ2) is 5.77. The molecule has 7 heteroatoms. The van der Waals surface area contributed by atoms with Crippen molar-refractivity contribution in [3.8, 4) is 0 Å². The van der Waals surface area contributed by atoms with Crippen molar-refractivity contribution >= 4 is 32.1 Å². The number of rotatable bonds is 4. The van der Waals surface area contributed by atoms with Crippen molar-refractivity contribution in [2.24, 2.45) is 0 Å². The van der Waals surface area contributed by atoms with Gasteiger partial charge in [0.2, 0.25) is 0 Å². The first-order chi connectivity index (χ1) is 9.29. The quantitative estimate of drug-likeness (QED) is 0.729. The van der Waals surface area contributed by atoms with Crippen LogP contribution in [0.5, 0.6) is 0 Å². The number of aromatic nitrogens is 3. The van der Waals surface area contributed by atoms with Gasteiger partial charge in [0.05, 0.1) is 0 Å². The molecule has 0 aliphatic carbocycles. The molecule has 106 valence electrons. The molecular formula is C13H17N3O2SSn. The van der Waals surface area contributed by atoms with E-state index in [0.29, 0.717) is 5.56 Å². The molecule has 0 radical (unpaired) electrons. The number of nitrogens with zero attached hydrogens (tertiary/aromatic N) is 3. The van der Waals surface area contributed by atoms with E-state index in [1.54, 1.807) is 24.5 Å². The number of hydrogen-bond acceptors (Lipinski definition) is 5. The third kappa shape index (κ3) is 3.75. The fourth-order valence-corrected chi connectivity index (χ4v) is 5.43. The van der Waals surface area contributed by atoms with Crippen molar-refractivity contribution in [2.45, 2.75) is 25.5 Å². The van der Waals surface area contributed by atoms with E-state index < -0.39 is 28.2 Å². The van der Waals surface area contributed by atoms with Crippen LogP contribution in [0.2, 0.25) is 14.8 Å². The van der Waals surface area contributed by atoms with Crippen molar-refractivity contribution in [1.82, 2.24) is 15.0 Å². The minimum atomic E-state index is -3.42. The van der Waals surface area contributed by atoms with E-state index in [-0.39, 0.29) is 10.6 Å². The van der Waals surface area contributed by atoms with Crippen molar-refractivity contribution < 1.29 is 8.42 Å². The van der Waals surface area contributed by atoms with Crippen molar-refractivity contribution in [3.05, 3.63) is 42.5 Å². The summed E-state index contributed by atoms with van der Waals surface area (Å²) in [6.07, 6.45) is 6.02. The van der Waals surface area contributed by atoms with Crippen LogP contribution in [0, 0.1) is 0 Å². The summed E-state index contributed by atoms with van der Waals surface area (Å²) in [6, 6.07) is 3.46. The van der Waals surface area contributed by atoms with Crippen LogP contribution < -0.4 is 3.84 Å². The van der Waals surface area contributed by atoms with Gasteiger partial charge < -0.3 is 0 Å². The average Bonchev–Trinajstić information content (AvgIpc) is 2.38. The van der Waals surface area contributed by atoms with E-state index >= 15 is 0 Å². The third-order valence-electron chi connectivity index (χ3n) is 2.74. The van der Waals surface area contributed by atoms with Gasteiger partial charge in [-0.15, -0.1) is 0 Å². The summed E-state index contributed by atoms with van der Waals surface area (Å²) in [4.78, 5) is 19.1. The first-order valence-electron chi connectivity index (χ1n) is 6.23. The van der Waals surface area contributed by atoms with Gasteiger partial charge in [0, 0.05) is 0 Å². The molecule has 0 N–H and O–H groups in total. The third-order valence-corrected chi connectivity index (χ3v) is 8.95. The topological polar surface area (TPSA) is 72.8 Å². The molecule has 0 unspecified atom stereocenters. The van der Waals surface area contributed by atoms with Crippen molar-refractivity contribution in [2.75, 3.05) is 0 Å². The molecular weight excluding hydrogens is 381 g/mol. The molecule has 0 aliphatic rings. The Balaban J connectivity index is 2.27. The van der Waals surface area contributed by atoms with Gasteiger partial charge in [-0.1, -0.05) is 0 Å². The van der Waals surface area contributed by atoms with Gasteiger partial charge in [-0.2, -0.15) is 0 Å². The summed E-state index contributed by atoms with van der Waals surface area (Å²) in [5.41, 5.74) is 0.659. The molecule has 0 saturated carbocycles. The Hall–Kier alpha value is -1.02. The summed E-state index contributed by atoms with van der Waals surface area (Å²) < 4.78 is 25.4. The van der Waals surface area contributed by atoms with Crippen LogP contribution in [0.15, 0.2) is 41.8 Å². The van der Waals surface area contributed by atoms with E-state index in [9.17, 15) is 8.42 Å². The molecule has 0 bridgehead atoms. The van der Waals surface area contributed by atoms with E-state index in [4.69, 9.17) is 0 Å². The molecule has 5 nitrogen and oxygen atoms in total. The first-order valence-corrected chi connectivity index (χ1v) is 17.9. The Bertz CT molecular complexity index is 680. The van der Waals surface area contributed by atoms with Crippen LogP contribution in [0.25, 0.3) is 0 Å². The van der Waals surface area contributed by atoms with E-state index in [1.807, 2.05) is 0 Å². The zero-order chi connectivity index (χ0) is 14.8. The zero-order valence-electron chi connectivity index (χ0n) is 11.7. The Kier molecular flexibility index (Phi) is 4.43. The number of hydrogen-bond donors (Lipinski definition) is 0. The molecule has 0 aliphatic heterocycles. The van der Waals surface area contributed by atoms with Gasteiger partial charge in [-0.05, 0) is 0 Å². The molecule has 0 fully saturated rings. The molecule has 0 amide bonds. The van der Waals surface area contributed by atoms with Crippen molar-refractivity contribution in [1.29, 1.82) is 0 Å². The van der Waals surface area contributed by atoms with Crippen LogP contribution in [0.4, 0.5) is 0 Å². The summed E-state index contributed by atoms with van der Waals surface area (Å²) >= 11 is -2.34. The Morgan fingerprint density at radius 2 is 1.75 bits per heavy atom. The maximum atomic E-state index is 12.3. The standard InChI is InChI=1S/C10H8N3O2S.3CH3.Sn/c14-16(15,10-5-12-8-13-6-10)7-9-2-1-3-11-4-9;;;;/h1-6H,7H2;3*1H3;. The second-order valence-electron chi connectivity index (χ2n) is 5.61. The second-order valence-corrected chi connectivity index (χ2v) is 21.7. The van der Waals surface area contributed by atoms with E-state index in [0.717, 1.165) is 3.84 Å². The molecule has 0 atom stereocenters. The molecule has 2 aromatic heterocycles. The molecule has 2 heterocycles. The Labute approximate surface area is 123 Å². The fourth-order valence-electron chi connectivity index (χ4n) is 1.65. The van der Waals surface area contributed by atoms with Crippen molar-refractivity contribution in [3.63, 3.8) is 0 Å². The minimum absolute atomic E-state index is 0.0810. The number of pyridine rings is 1. The normalized spacial score (nSPS) is 12.3. The van der Waals surface area contributed by atoms with Gasteiger partial charge in [-0.25, -0.2) is 0 Å². The SMILES string of the molecule is [CH3][Sn]([CH3])([CH3])[c]1ncc(S(=O)(=O)Cc2cccnc2)cn1. The van der Waals surface area contributed by atoms with E-state index in [1.165, 1.54) is 12.4 Å². The zero-order valence-corrected chi connectivity index (χ0v) is 15.4. The molecule has 20 heavy (non-hydrogen) atoms. The van der Waals surface area contributed by atoms with Gasteiger partial charge >= 0.3 is 123 Å². The van der Waals surface area contributed by atoms with Gasteiger partial charge in [0.25, 0.3) is 0 Å². The Morgan fingerprint density at radius 3 is 2.25 bits per heavy atom. The predicted molar refractivity (Wildman–Crippen MR) is 80.1 cm³/mol. The van der Waals surface area contributed by atoms with Crippen LogP contribution in [-0.2, 0) is 15.6 Å². The maximum absolute atomic E-state index is 12.3. The van der Waals surface area contributed by atoms with Gasteiger partial charge in [0.1, 0.15) is 0 Å². The van der Waals surface area contributed by atoms with Crippen LogP contribution in [0.1, 0.15) is 5.56 Å². The first kappa shape index (κ1) is 15.4.